The van der Waals surface area contributed by atoms with Crippen molar-refractivity contribution < 1.29 is 14.3 Å². The molecule has 2 aromatic carbocycles. The van der Waals surface area contributed by atoms with Crippen molar-refractivity contribution in [3.8, 4) is 5.75 Å². The molecule has 0 radical (unpaired) electrons. The van der Waals surface area contributed by atoms with E-state index in [1.807, 2.05) is 40.0 Å². The minimum Gasteiger partial charge on any atom is -0.496 e. The van der Waals surface area contributed by atoms with Crippen LogP contribution in [0.1, 0.15) is 62.3 Å². The lowest BCUT2D eigenvalue weighted by molar-refractivity contribution is -0.00842. The van der Waals surface area contributed by atoms with E-state index >= 15 is 0 Å². The molecule has 6 nitrogen and oxygen atoms in total. The van der Waals surface area contributed by atoms with Crippen molar-refractivity contribution in [3.63, 3.8) is 0 Å². The summed E-state index contributed by atoms with van der Waals surface area (Å²) >= 11 is 0. The molecule has 192 valence electrons. The van der Waals surface area contributed by atoms with Crippen LogP contribution in [0.2, 0.25) is 0 Å². The molecule has 2 unspecified atom stereocenters. The Labute approximate surface area is 214 Å². The van der Waals surface area contributed by atoms with Crippen LogP contribution >= 0.6 is 0 Å². The molecule has 2 saturated heterocycles. The Morgan fingerprint density at radius 2 is 1.92 bits per heavy atom. The van der Waals surface area contributed by atoms with Gasteiger partial charge in [0.15, 0.2) is 0 Å². The molecule has 1 N–H and O–H groups in total. The van der Waals surface area contributed by atoms with Crippen LogP contribution in [0.5, 0.6) is 5.75 Å². The van der Waals surface area contributed by atoms with Crippen molar-refractivity contribution in [2.24, 2.45) is 0 Å². The zero-order valence-corrected chi connectivity index (χ0v) is 22.5. The van der Waals surface area contributed by atoms with Crippen molar-refractivity contribution >= 4 is 17.0 Å². The number of nitrogens with zero attached hydrogens (tertiary/aromatic N) is 2. The second kappa shape index (κ2) is 9.24. The largest absolute Gasteiger partial charge is 0.496 e. The van der Waals surface area contributed by atoms with Crippen LogP contribution in [-0.2, 0) is 16.8 Å². The van der Waals surface area contributed by atoms with Crippen molar-refractivity contribution in [3.05, 3.63) is 64.8 Å². The maximum absolute atomic E-state index is 13.0. The van der Waals surface area contributed by atoms with E-state index in [2.05, 4.69) is 47.5 Å². The quantitative estimate of drug-likeness (QED) is 0.494. The number of piperidine rings is 2. The molecular formula is C30H39N3O3. The van der Waals surface area contributed by atoms with Gasteiger partial charge >= 0.3 is 6.09 Å². The lowest BCUT2D eigenvalue weighted by Gasteiger charge is -2.54. The highest BCUT2D eigenvalue weighted by molar-refractivity contribution is 5.95. The van der Waals surface area contributed by atoms with Crippen molar-refractivity contribution in [1.82, 2.24) is 14.8 Å². The van der Waals surface area contributed by atoms with Gasteiger partial charge in [0.25, 0.3) is 0 Å². The zero-order chi connectivity index (χ0) is 25.7. The molecule has 3 heterocycles. The van der Waals surface area contributed by atoms with Gasteiger partial charge in [-0.1, -0.05) is 29.8 Å². The van der Waals surface area contributed by atoms with Gasteiger partial charge in [0.1, 0.15) is 11.4 Å². The Balaban J connectivity index is 1.59. The Morgan fingerprint density at radius 1 is 1.17 bits per heavy atom. The number of rotatable bonds is 4. The number of hydrogen-bond acceptors (Lipinski definition) is 5. The fourth-order valence-corrected chi connectivity index (χ4v) is 6.18. The SMILES string of the molecule is COc1cc(C)c2c(ccn2C(=O)OC(C)(C)C)c1CN1CCC2CC1(c1ccc(C)cc1)CCN2. The molecule has 0 aliphatic carbocycles. The molecule has 2 aliphatic rings. The Hall–Kier alpha value is -2.83. The van der Waals surface area contributed by atoms with E-state index in [9.17, 15) is 4.79 Å². The zero-order valence-electron chi connectivity index (χ0n) is 22.5. The monoisotopic (exact) mass is 489 g/mol. The predicted octanol–water partition coefficient (Wildman–Crippen LogP) is 5.90. The van der Waals surface area contributed by atoms with Crippen LogP contribution < -0.4 is 10.1 Å². The normalized spacial score (nSPS) is 22.6. The number of hydrogen-bond donors (Lipinski definition) is 1. The van der Waals surface area contributed by atoms with E-state index in [1.165, 1.54) is 11.1 Å². The minimum atomic E-state index is -0.559. The molecule has 2 atom stereocenters. The maximum Gasteiger partial charge on any atom is 0.419 e. The molecule has 6 heteroatoms. The van der Waals surface area contributed by atoms with Gasteiger partial charge in [-0.2, -0.15) is 0 Å². The van der Waals surface area contributed by atoms with Gasteiger partial charge < -0.3 is 14.8 Å². The smallest absolute Gasteiger partial charge is 0.419 e. The molecule has 0 amide bonds. The lowest BCUT2D eigenvalue weighted by Crippen LogP contribution is -2.60. The number of methoxy groups -OCH3 is 1. The number of carbonyl (C=O) groups is 1. The predicted molar refractivity (Wildman–Crippen MR) is 144 cm³/mol. The summed E-state index contributed by atoms with van der Waals surface area (Å²) in [6.45, 7) is 12.7. The van der Waals surface area contributed by atoms with Crippen LogP contribution in [0.15, 0.2) is 42.6 Å². The fraction of sp³-hybridized carbons (Fsp3) is 0.500. The number of likely N-dealkylation sites (tertiary alicyclic amines) is 1. The highest BCUT2D eigenvalue weighted by atomic mass is 16.6. The Bertz CT molecular complexity index is 1270. The highest BCUT2D eigenvalue weighted by Gasteiger charge is 2.46. The third-order valence-electron chi connectivity index (χ3n) is 7.89. The van der Waals surface area contributed by atoms with Gasteiger partial charge in [-0.3, -0.25) is 9.47 Å². The molecule has 1 aromatic heterocycles. The summed E-state index contributed by atoms with van der Waals surface area (Å²) in [4.78, 5) is 15.7. The van der Waals surface area contributed by atoms with Crippen LogP contribution in [0.25, 0.3) is 10.9 Å². The van der Waals surface area contributed by atoms with E-state index < -0.39 is 5.60 Å². The first-order valence-electron chi connectivity index (χ1n) is 13.1. The van der Waals surface area contributed by atoms with E-state index in [4.69, 9.17) is 9.47 Å². The summed E-state index contributed by atoms with van der Waals surface area (Å²) in [7, 11) is 1.74. The number of fused-ring (bicyclic) bond motifs is 3. The standard InChI is InChI=1S/C30H39N3O3/c1-20-7-9-22(10-8-20)30-13-14-31-23(18-30)11-15-32(30)19-25-24-12-16-33(28(34)36-29(3,4)5)27(24)21(2)17-26(25)35-6/h7-10,12,16-17,23,31H,11,13-15,18-19H2,1-6H3. The van der Waals surface area contributed by atoms with Crippen molar-refractivity contribution in [1.29, 1.82) is 0 Å². The topological polar surface area (TPSA) is 55.7 Å². The van der Waals surface area contributed by atoms with Crippen molar-refractivity contribution in [2.75, 3.05) is 20.2 Å². The van der Waals surface area contributed by atoms with E-state index in [-0.39, 0.29) is 11.6 Å². The summed E-state index contributed by atoms with van der Waals surface area (Å²) in [6, 6.07) is 13.8. The second-order valence-corrected chi connectivity index (χ2v) is 11.5. The number of carbonyl (C=O) groups excluding carboxylic acids is 1. The molecule has 2 bridgehead atoms. The first-order valence-corrected chi connectivity index (χ1v) is 13.1. The number of ether oxygens (including phenoxy) is 2. The molecule has 5 rings (SSSR count). The van der Waals surface area contributed by atoms with Crippen LogP contribution in [0.3, 0.4) is 0 Å². The van der Waals surface area contributed by atoms with Gasteiger partial charge in [0.05, 0.1) is 12.6 Å². The average Bonchev–Trinajstić information content (AvgIpc) is 3.28. The van der Waals surface area contributed by atoms with Crippen molar-refractivity contribution in [2.45, 2.75) is 77.6 Å². The average molecular weight is 490 g/mol. The lowest BCUT2D eigenvalue weighted by atomic mass is 9.73. The molecule has 36 heavy (non-hydrogen) atoms. The first-order chi connectivity index (χ1) is 17.1. The number of benzene rings is 2. The van der Waals surface area contributed by atoms with Gasteiger partial charge in [-0.05, 0) is 83.7 Å². The van der Waals surface area contributed by atoms with Gasteiger partial charge in [0.2, 0.25) is 0 Å². The van der Waals surface area contributed by atoms with E-state index in [0.717, 1.165) is 66.7 Å². The fourth-order valence-electron chi connectivity index (χ4n) is 6.18. The van der Waals surface area contributed by atoms with Crippen LogP contribution in [0.4, 0.5) is 4.79 Å². The number of aryl methyl sites for hydroxylation is 2. The van der Waals surface area contributed by atoms with Crippen LogP contribution in [0, 0.1) is 13.8 Å². The Morgan fingerprint density at radius 3 is 2.61 bits per heavy atom. The number of nitrogens with one attached hydrogen (secondary N) is 1. The Kier molecular flexibility index (Phi) is 6.38. The molecule has 2 aliphatic heterocycles. The first kappa shape index (κ1) is 24.8. The summed E-state index contributed by atoms with van der Waals surface area (Å²) in [5.74, 6) is 0.872. The third-order valence-corrected chi connectivity index (χ3v) is 7.89. The minimum absolute atomic E-state index is 0.0161. The summed E-state index contributed by atoms with van der Waals surface area (Å²) in [6.07, 6.45) is 4.78. The summed E-state index contributed by atoms with van der Waals surface area (Å²) in [5, 5.41) is 4.78. The van der Waals surface area contributed by atoms with Gasteiger partial charge in [0, 0.05) is 41.8 Å². The molecule has 0 saturated carbocycles. The maximum atomic E-state index is 13.0. The third kappa shape index (κ3) is 4.41. The molecule has 0 spiro atoms. The highest BCUT2D eigenvalue weighted by Crippen LogP contribution is 2.45. The number of aromatic nitrogens is 1. The molecule has 2 fully saturated rings. The van der Waals surface area contributed by atoms with E-state index in [0.29, 0.717) is 6.04 Å². The van der Waals surface area contributed by atoms with Gasteiger partial charge in [-0.25, -0.2) is 4.79 Å². The van der Waals surface area contributed by atoms with Gasteiger partial charge in [-0.15, -0.1) is 0 Å². The summed E-state index contributed by atoms with van der Waals surface area (Å²) in [5.41, 5.74) is 5.12. The van der Waals surface area contributed by atoms with Crippen LogP contribution in [-0.4, -0.2) is 47.4 Å². The molecule has 3 aromatic rings. The van der Waals surface area contributed by atoms with E-state index in [1.54, 1.807) is 11.7 Å². The molecular weight excluding hydrogens is 450 g/mol. The second-order valence-electron chi connectivity index (χ2n) is 11.5. The summed E-state index contributed by atoms with van der Waals surface area (Å²) < 4.78 is 13.3.